The molecule has 0 spiro atoms. The molecule has 0 radical (unpaired) electrons. The van der Waals surface area contributed by atoms with Crippen molar-refractivity contribution in [3.63, 3.8) is 0 Å². The molecular weight excluding hydrogens is 210 g/mol. The van der Waals surface area contributed by atoms with Crippen molar-refractivity contribution in [3.8, 4) is 0 Å². The topological polar surface area (TPSA) is 21.7 Å². The van der Waals surface area contributed by atoms with Gasteiger partial charge in [-0.1, -0.05) is 0 Å². The van der Waals surface area contributed by atoms with Crippen LogP contribution in [0.15, 0.2) is 5.57 Å². The van der Waals surface area contributed by atoms with Gasteiger partial charge < -0.3 is 0 Å². The summed E-state index contributed by atoms with van der Waals surface area (Å²) in [5.74, 6) is 2.79. The molecule has 0 saturated heterocycles. The lowest BCUT2D eigenvalue weighted by atomic mass is 9.90. The highest BCUT2D eigenvalue weighted by Gasteiger charge is 2.41. The summed E-state index contributed by atoms with van der Waals surface area (Å²) >= 11 is 0. The first-order chi connectivity index (χ1) is 8.36. The largest absolute Gasteiger partial charge is 0.305 e. The fraction of sp³-hybridized carbons (Fsp3) is 0.714. The quantitative estimate of drug-likeness (QED) is 0.627. The van der Waals surface area contributed by atoms with E-state index in [-0.39, 0.29) is 0 Å². The summed E-state index contributed by atoms with van der Waals surface area (Å²) in [5.41, 5.74) is 3.28. The Morgan fingerprint density at radius 3 is 2.88 bits per heavy atom. The zero-order valence-corrected chi connectivity index (χ0v) is 10.6. The molecule has 90 valence electrons. The minimum absolute atomic E-state index is 0.585. The molecule has 3 heteroatoms. The van der Waals surface area contributed by atoms with Gasteiger partial charge in [0.2, 0.25) is 5.82 Å². The van der Waals surface area contributed by atoms with Crippen LogP contribution < -0.4 is 4.57 Å². The summed E-state index contributed by atoms with van der Waals surface area (Å²) in [5, 5.41) is 4.89. The molecule has 0 aromatic carbocycles. The summed E-state index contributed by atoms with van der Waals surface area (Å²) in [4.78, 5) is 0. The van der Waals surface area contributed by atoms with Crippen LogP contribution in [0.25, 0.3) is 5.57 Å². The minimum atomic E-state index is 0.585. The van der Waals surface area contributed by atoms with E-state index in [1.165, 1.54) is 56.6 Å². The zero-order valence-electron chi connectivity index (χ0n) is 10.6. The standard InChI is InChI=1S/C14H20N3/c1-10-11-6-2-3-7-12(11)14-15-16-9-5-4-8-13(16)17(10)14/h10H,2-9H2,1H3/q+1. The molecule has 1 aromatic rings. The van der Waals surface area contributed by atoms with Gasteiger partial charge in [0.1, 0.15) is 12.6 Å². The number of hydrogen-bond donors (Lipinski definition) is 0. The molecule has 0 fully saturated rings. The van der Waals surface area contributed by atoms with Gasteiger partial charge in [-0.3, -0.25) is 0 Å². The maximum absolute atomic E-state index is 4.89. The lowest BCUT2D eigenvalue weighted by Gasteiger charge is -2.16. The van der Waals surface area contributed by atoms with Crippen LogP contribution in [0.4, 0.5) is 0 Å². The van der Waals surface area contributed by atoms with E-state index in [1.807, 2.05) is 0 Å². The van der Waals surface area contributed by atoms with Crippen molar-refractivity contribution in [1.29, 1.82) is 0 Å². The average Bonchev–Trinajstić information content (AvgIpc) is 2.88. The van der Waals surface area contributed by atoms with Crippen LogP contribution in [0.2, 0.25) is 0 Å². The second kappa shape index (κ2) is 3.44. The van der Waals surface area contributed by atoms with Gasteiger partial charge in [0, 0.05) is 17.1 Å². The van der Waals surface area contributed by atoms with Crippen LogP contribution in [0.5, 0.6) is 0 Å². The van der Waals surface area contributed by atoms with E-state index in [0.29, 0.717) is 6.04 Å². The first-order valence-corrected chi connectivity index (χ1v) is 7.10. The molecule has 0 amide bonds. The summed E-state index contributed by atoms with van der Waals surface area (Å²) in [7, 11) is 0. The Balaban J connectivity index is 1.89. The molecule has 1 aliphatic carbocycles. The van der Waals surface area contributed by atoms with Crippen LogP contribution in [0, 0.1) is 0 Å². The fourth-order valence-electron chi connectivity index (χ4n) is 3.85. The third kappa shape index (κ3) is 1.23. The second-order valence-electron chi connectivity index (χ2n) is 5.68. The van der Waals surface area contributed by atoms with Gasteiger partial charge in [-0.05, 0) is 51.0 Å². The molecule has 3 heterocycles. The van der Waals surface area contributed by atoms with Gasteiger partial charge in [-0.2, -0.15) is 0 Å². The number of allylic oxidation sites excluding steroid dienone is 2. The molecule has 1 unspecified atom stereocenters. The monoisotopic (exact) mass is 230 g/mol. The van der Waals surface area contributed by atoms with Crippen molar-refractivity contribution in [3.05, 3.63) is 17.2 Å². The van der Waals surface area contributed by atoms with Gasteiger partial charge in [-0.15, -0.1) is 4.68 Å². The first kappa shape index (κ1) is 9.86. The number of nitrogens with zero attached hydrogens (tertiary/aromatic N) is 3. The Hall–Kier alpha value is -1.12. The maximum Gasteiger partial charge on any atom is 0.305 e. The van der Waals surface area contributed by atoms with Gasteiger partial charge in [0.05, 0.1) is 0 Å². The molecule has 3 aliphatic rings. The Labute approximate surface area is 102 Å². The van der Waals surface area contributed by atoms with Crippen molar-refractivity contribution < 1.29 is 4.57 Å². The third-order valence-electron chi connectivity index (χ3n) is 4.71. The predicted molar refractivity (Wildman–Crippen MR) is 65.5 cm³/mol. The number of rotatable bonds is 0. The SMILES string of the molecule is CC1C2=C(CCCC2)c2nn3c([n+]21)CCCC3. The molecule has 0 N–H and O–H groups in total. The Bertz CT molecular complexity index is 510. The highest BCUT2D eigenvalue weighted by molar-refractivity contribution is 5.65. The number of fused-ring (bicyclic) bond motifs is 4. The van der Waals surface area contributed by atoms with Crippen molar-refractivity contribution in [1.82, 2.24) is 9.78 Å². The molecule has 0 saturated carbocycles. The van der Waals surface area contributed by atoms with Crippen LogP contribution in [-0.2, 0) is 13.0 Å². The van der Waals surface area contributed by atoms with Gasteiger partial charge >= 0.3 is 5.82 Å². The van der Waals surface area contributed by atoms with E-state index in [4.69, 9.17) is 5.10 Å². The smallest absolute Gasteiger partial charge is 0.222 e. The van der Waals surface area contributed by atoms with E-state index < -0.39 is 0 Å². The molecular formula is C14H20N3+. The molecule has 4 rings (SSSR count). The lowest BCUT2D eigenvalue weighted by molar-refractivity contribution is -0.716. The summed E-state index contributed by atoms with van der Waals surface area (Å²) < 4.78 is 4.81. The lowest BCUT2D eigenvalue weighted by Crippen LogP contribution is -2.42. The van der Waals surface area contributed by atoms with E-state index in [2.05, 4.69) is 16.2 Å². The Morgan fingerprint density at radius 2 is 1.94 bits per heavy atom. The van der Waals surface area contributed by atoms with Gasteiger partial charge in [-0.25, -0.2) is 4.57 Å². The highest BCUT2D eigenvalue weighted by atomic mass is 15.4. The summed E-state index contributed by atoms with van der Waals surface area (Å²) in [6.07, 6.45) is 9.15. The fourth-order valence-corrected chi connectivity index (χ4v) is 3.85. The zero-order chi connectivity index (χ0) is 11.4. The Morgan fingerprint density at radius 1 is 1.12 bits per heavy atom. The van der Waals surface area contributed by atoms with Crippen LogP contribution in [-0.4, -0.2) is 9.78 Å². The predicted octanol–water partition coefficient (Wildman–Crippen LogP) is 2.41. The normalized spacial score (nSPS) is 26.8. The molecule has 17 heavy (non-hydrogen) atoms. The van der Waals surface area contributed by atoms with E-state index in [0.717, 1.165) is 6.54 Å². The molecule has 1 atom stereocenters. The van der Waals surface area contributed by atoms with Crippen molar-refractivity contribution in [2.24, 2.45) is 0 Å². The minimum Gasteiger partial charge on any atom is -0.222 e. The second-order valence-corrected chi connectivity index (χ2v) is 5.68. The molecule has 1 aromatic heterocycles. The molecule has 3 nitrogen and oxygen atoms in total. The third-order valence-corrected chi connectivity index (χ3v) is 4.71. The van der Waals surface area contributed by atoms with Crippen molar-refractivity contribution >= 4 is 5.57 Å². The number of hydrogen-bond acceptors (Lipinski definition) is 1. The van der Waals surface area contributed by atoms with Crippen molar-refractivity contribution in [2.75, 3.05) is 0 Å². The molecule has 2 aliphatic heterocycles. The number of aryl methyl sites for hydroxylation is 1. The summed E-state index contributed by atoms with van der Waals surface area (Å²) in [6.45, 7) is 3.50. The summed E-state index contributed by atoms with van der Waals surface area (Å²) in [6, 6.07) is 0.585. The van der Waals surface area contributed by atoms with Crippen molar-refractivity contribution in [2.45, 2.75) is 64.5 Å². The van der Waals surface area contributed by atoms with Gasteiger partial charge in [0.15, 0.2) is 0 Å². The molecule has 0 bridgehead atoms. The van der Waals surface area contributed by atoms with E-state index in [9.17, 15) is 0 Å². The first-order valence-electron chi connectivity index (χ1n) is 7.10. The van der Waals surface area contributed by atoms with E-state index >= 15 is 0 Å². The number of aromatic nitrogens is 3. The maximum atomic E-state index is 4.89. The van der Waals surface area contributed by atoms with Crippen LogP contribution in [0.1, 0.15) is 63.1 Å². The highest BCUT2D eigenvalue weighted by Crippen LogP contribution is 2.40. The Kier molecular flexibility index (Phi) is 1.99. The average molecular weight is 230 g/mol. The van der Waals surface area contributed by atoms with E-state index in [1.54, 1.807) is 11.1 Å². The van der Waals surface area contributed by atoms with Crippen LogP contribution in [0.3, 0.4) is 0 Å². The van der Waals surface area contributed by atoms with Crippen LogP contribution >= 0.6 is 0 Å². The van der Waals surface area contributed by atoms with Gasteiger partial charge in [0.25, 0.3) is 0 Å².